The van der Waals surface area contributed by atoms with Crippen molar-refractivity contribution in [2.45, 2.75) is 37.5 Å². The second kappa shape index (κ2) is 6.47. The van der Waals surface area contributed by atoms with E-state index in [1.807, 2.05) is 0 Å². The Morgan fingerprint density at radius 2 is 2.04 bits per heavy atom. The normalized spacial score (nSPS) is 20.8. The van der Waals surface area contributed by atoms with E-state index >= 15 is 0 Å². The van der Waals surface area contributed by atoms with E-state index in [0.29, 0.717) is 25.0 Å². The molecule has 0 saturated carbocycles. The number of aromatic nitrogens is 2. The van der Waals surface area contributed by atoms with Crippen molar-refractivity contribution in [3.8, 4) is 0 Å². The van der Waals surface area contributed by atoms with Crippen LogP contribution in [0.2, 0.25) is 5.02 Å². The van der Waals surface area contributed by atoms with Gasteiger partial charge in [0.15, 0.2) is 0 Å². The number of alkyl halides is 3. The Morgan fingerprint density at radius 1 is 1.29 bits per heavy atom. The third kappa shape index (κ3) is 3.11. The van der Waals surface area contributed by atoms with Crippen molar-refractivity contribution in [3.05, 3.63) is 56.2 Å². The zero-order valence-electron chi connectivity index (χ0n) is 14.1. The molecule has 2 aromatic rings. The van der Waals surface area contributed by atoms with Crippen LogP contribution in [-0.4, -0.2) is 27.2 Å². The summed E-state index contributed by atoms with van der Waals surface area (Å²) in [5.74, 6) is -1.24. The molecule has 2 atom stereocenters. The first-order valence-corrected chi connectivity index (χ1v) is 8.77. The predicted octanol–water partition coefficient (Wildman–Crippen LogP) is 3.87. The second-order valence-corrected chi connectivity index (χ2v) is 7.15. The largest absolute Gasteiger partial charge is 0.417 e. The fraction of sp³-hybridized carbons (Fsp3) is 0.353. The lowest BCUT2D eigenvalue weighted by molar-refractivity contribution is -0.137. The highest BCUT2D eigenvalue weighted by molar-refractivity contribution is 6.31. The van der Waals surface area contributed by atoms with E-state index in [1.54, 1.807) is 0 Å². The molecule has 1 saturated heterocycles. The topological polar surface area (TPSA) is 78.1 Å². The molecule has 28 heavy (non-hydrogen) atoms. The molecule has 0 spiro atoms. The van der Waals surface area contributed by atoms with Crippen LogP contribution in [0.1, 0.15) is 35.7 Å². The first-order chi connectivity index (χ1) is 13.1. The highest BCUT2D eigenvalue weighted by Gasteiger charge is 2.44. The molecule has 2 bridgehead atoms. The number of hydrogen-bond donors (Lipinski definition) is 2. The van der Waals surface area contributed by atoms with Crippen molar-refractivity contribution in [1.29, 1.82) is 0 Å². The smallest absolute Gasteiger partial charge is 0.313 e. The summed E-state index contributed by atoms with van der Waals surface area (Å²) in [4.78, 5) is 25.7. The Bertz CT molecular complexity index is 1020. The van der Waals surface area contributed by atoms with E-state index < -0.39 is 40.3 Å². The van der Waals surface area contributed by atoms with Crippen LogP contribution in [-0.2, 0) is 12.6 Å². The lowest BCUT2D eigenvalue weighted by Gasteiger charge is -2.35. The monoisotopic (exact) mass is 416 g/mol. The molecule has 3 heterocycles. The molecule has 148 valence electrons. The molecule has 1 aromatic carbocycles. The fourth-order valence-electron chi connectivity index (χ4n) is 3.86. The van der Waals surface area contributed by atoms with Crippen LogP contribution in [0.3, 0.4) is 0 Å². The fourth-order valence-corrected chi connectivity index (χ4v) is 4.13. The molecular weight excluding hydrogens is 404 g/mol. The number of benzene rings is 1. The number of urea groups is 1. The maximum absolute atomic E-state index is 14.1. The molecule has 6 nitrogen and oxygen atoms in total. The van der Waals surface area contributed by atoms with E-state index in [1.165, 1.54) is 11.0 Å². The number of nitrogens with zero attached hydrogens (tertiary/aromatic N) is 2. The van der Waals surface area contributed by atoms with Crippen LogP contribution in [0.5, 0.6) is 0 Å². The molecule has 1 fully saturated rings. The highest BCUT2D eigenvalue weighted by Crippen LogP contribution is 2.43. The molecule has 2 amide bonds. The quantitative estimate of drug-likeness (QED) is 0.693. The van der Waals surface area contributed by atoms with Crippen molar-refractivity contribution in [1.82, 2.24) is 15.1 Å². The van der Waals surface area contributed by atoms with Crippen molar-refractivity contribution in [2.75, 3.05) is 5.32 Å². The van der Waals surface area contributed by atoms with Crippen molar-refractivity contribution >= 4 is 23.3 Å². The lowest BCUT2D eigenvalue weighted by atomic mass is 9.99. The summed E-state index contributed by atoms with van der Waals surface area (Å²) in [5, 5.41) is 7.96. The SMILES string of the molecule is O=C(Nc1cc(Cl)c(C(F)(F)F)cc1F)N1[C@@H]2CC[C@H]1c1n[nH]c(=O)cc1C2. The Labute approximate surface area is 160 Å². The van der Waals surface area contributed by atoms with Gasteiger partial charge in [-0.3, -0.25) is 4.79 Å². The Balaban J connectivity index is 1.61. The number of anilines is 1. The summed E-state index contributed by atoms with van der Waals surface area (Å²) in [7, 11) is 0. The van der Waals surface area contributed by atoms with Gasteiger partial charge in [0.25, 0.3) is 5.56 Å². The standard InChI is InChI=1S/C17H13ClF4N4O2/c18-10-6-12(11(19)5-9(10)17(20,21)22)23-16(28)26-8-1-2-13(26)15-7(3-8)4-14(27)24-25-15/h4-6,8,13H,1-3H2,(H,23,28)(H,24,27)/t8-,13+/m1/s1. The average Bonchev–Trinajstić information content (AvgIpc) is 2.92. The summed E-state index contributed by atoms with van der Waals surface area (Å²) < 4.78 is 52.6. The van der Waals surface area contributed by atoms with Gasteiger partial charge in [0.05, 0.1) is 28.0 Å². The first kappa shape index (κ1) is 18.7. The van der Waals surface area contributed by atoms with Crippen LogP contribution in [0.25, 0.3) is 0 Å². The van der Waals surface area contributed by atoms with Crippen LogP contribution in [0, 0.1) is 5.82 Å². The second-order valence-electron chi connectivity index (χ2n) is 6.74. The summed E-state index contributed by atoms with van der Waals surface area (Å²) in [6, 6.07) is 1.16. The lowest BCUT2D eigenvalue weighted by Crippen LogP contribution is -2.45. The van der Waals surface area contributed by atoms with Gasteiger partial charge in [0.1, 0.15) is 5.82 Å². The van der Waals surface area contributed by atoms with E-state index in [2.05, 4.69) is 15.5 Å². The zero-order chi connectivity index (χ0) is 20.2. The van der Waals surface area contributed by atoms with Gasteiger partial charge < -0.3 is 10.2 Å². The summed E-state index contributed by atoms with van der Waals surface area (Å²) in [5.41, 5.74) is -0.775. The van der Waals surface area contributed by atoms with Gasteiger partial charge in [-0.05, 0) is 37.0 Å². The van der Waals surface area contributed by atoms with Gasteiger partial charge in [-0.1, -0.05) is 11.6 Å². The third-order valence-corrected chi connectivity index (χ3v) is 5.35. The minimum absolute atomic E-state index is 0.214. The number of halogens is 5. The van der Waals surface area contributed by atoms with Crippen LogP contribution in [0.4, 0.5) is 28.0 Å². The maximum Gasteiger partial charge on any atom is 0.417 e. The van der Waals surface area contributed by atoms with Gasteiger partial charge >= 0.3 is 12.2 Å². The zero-order valence-corrected chi connectivity index (χ0v) is 14.9. The van der Waals surface area contributed by atoms with E-state index in [-0.39, 0.29) is 17.7 Å². The summed E-state index contributed by atoms with van der Waals surface area (Å²) in [6.45, 7) is 0. The number of fused-ring (bicyclic) bond motifs is 4. The van der Waals surface area contributed by atoms with Crippen molar-refractivity contribution in [2.24, 2.45) is 0 Å². The number of H-pyrrole nitrogens is 1. The van der Waals surface area contributed by atoms with Gasteiger partial charge in [0, 0.05) is 12.1 Å². The Kier molecular flexibility index (Phi) is 4.33. The number of nitrogens with one attached hydrogen (secondary N) is 2. The number of amides is 2. The Hall–Kier alpha value is -2.62. The number of carbonyl (C=O) groups is 1. The van der Waals surface area contributed by atoms with Gasteiger partial charge in [0.2, 0.25) is 0 Å². The number of hydrogen-bond acceptors (Lipinski definition) is 3. The van der Waals surface area contributed by atoms with E-state index in [4.69, 9.17) is 11.6 Å². The van der Waals surface area contributed by atoms with Crippen molar-refractivity contribution in [3.63, 3.8) is 0 Å². The predicted molar refractivity (Wildman–Crippen MR) is 91.6 cm³/mol. The van der Waals surface area contributed by atoms with Gasteiger partial charge in [-0.15, -0.1) is 0 Å². The molecule has 11 heteroatoms. The van der Waals surface area contributed by atoms with Crippen LogP contribution in [0.15, 0.2) is 23.0 Å². The van der Waals surface area contributed by atoms with Crippen LogP contribution >= 0.6 is 11.6 Å². The van der Waals surface area contributed by atoms with Crippen LogP contribution < -0.4 is 10.9 Å². The third-order valence-electron chi connectivity index (χ3n) is 5.03. The minimum atomic E-state index is -4.81. The maximum atomic E-state index is 14.1. The molecule has 2 N–H and O–H groups in total. The molecule has 0 aliphatic carbocycles. The first-order valence-electron chi connectivity index (χ1n) is 8.39. The summed E-state index contributed by atoms with van der Waals surface area (Å²) in [6.07, 6.45) is -3.11. The van der Waals surface area contributed by atoms with Gasteiger partial charge in [-0.2, -0.15) is 18.3 Å². The highest BCUT2D eigenvalue weighted by atomic mass is 35.5. The van der Waals surface area contributed by atoms with Crippen molar-refractivity contribution < 1.29 is 22.4 Å². The van der Waals surface area contributed by atoms with Gasteiger partial charge in [-0.25, -0.2) is 14.3 Å². The molecule has 0 radical (unpaired) electrons. The average molecular weight is 417 g/mol. The molecule has 2 aliphatic rings. The minimum Gasteiger partial charge on any atom is -0.313 e. The number of carbonyl (C=O) groups excluding carboxylic acids is 1. The van der Waals surface area contributed by atoms with E-state index in [0.717, 1.165) is 11.6 Å². The molecule has 0 unspecified atom stereocenters. The number of rotatable bonds is 1. The molecule has 2 aliphatic heterocycles. The molecule has 1 aromatic heterocycles. The summed E-state index contributed by atoms with van der Waals surface area (Å²) >= 11 is 5.61. The van der Waals surface area contributed by atoms with E-state index in [9.17, 15) is 27.2 Å². The Morgan fingerprint density at radius 3 is 2.75 bits per heavy atom. The molecular formula is C17H13ClF4N4O2. The molecule has 4 rings (SSSR count). The number of aromatic amines is 1.